The highest BCUT2D eigenvalue weighted by Crippen LogP contribution is 2.25. The first-order valence-corrected chi connectivity index (χ1v) is 8.65. The summed E-state index contributed by atoms with van der Waals surface area (Å²) in [6.45, 7) is 0. The van der Waals surface area contributed by atoms with E-state index in [1.807, 2.05) is 24.3 Å². The second kappa shape index (κ2) is 7.11. The van der Waals surface area contributed by atoms with E-state index in [2.05, 4.69) is 16.4 Å². The molecule has 22 heavy (non-hydrogen) atoms. The van der Waals surface area contributed by atoms with Gasteiger partial charge in [-0.25, -0.2) is 4.98 Å². The van der Waals surface area contributed by atoms with Crippen LogP contribution in [0.1, 0.15) is 25.7 Å². The molecule has 0 radical (unpaired) electrons. The summed E-state index contributed by atoms with van der Waals surface area (Å²) in [5, 5.41) is 15.7. The second-order valence-corrected chi connectivity index (χ2v) is 6.66. The predicted octanol–water partition coefficient (Wildman–Crippen LogP) is 2.75. The number of hydrogen-bond acceptors (Lipinski definition) is 4. The number of carbonyl (C=O) groups is 1. The number of aromatic nitrogens is 1. The average Bonchev–Trinajstić information content (AvgIpc) is 2.55. The molecule has 1 aliphatic rings. The maximum atomic E-state index is 12.1. The van der Waals surface area contributed by atoms with Gasteiger partial charge in [-0.15, -0.1) is 0 Å². The molecule has 2 aromatic rings. The molecule has 1 aliphatic carbocycles. The lowest BCUT2D eigenvalue weighted by atomic mass is 9.93. The molecule has 0 atom stereocenters. The Morgan fingerprint density at radius 2 is 2.00 bits per heavy atom. The molecule has 4 nitrogen and oxygen atoms in total. The highest BCUT2D eigenvalue weighted by molar-refractivity contribution is 8.00. The van der Waals surface area contributed by atoms with E-state index in [4.69, 9.17) is 0 Å². The number of thioether (sulfide) groups is 1. The van der Waals surface area contributed by atoms with Gasteiger partial charge in [-0.05, 0) is 37.1 Å². The van der Waals surface area contributed by atoms with Crippen LogP contribution < -0.4 is 5.32 Å². The van der Waals surface area contributed by atoms with E-state index in [9.17, 15) is 9.90 Å². The van der Waals surface area contributed by atoms with E-state index in [0.717, 1.165) is 41.5 Å². The molecule has 116 valence electrons. The number of hydrogen-bond donors (Lipinski definition) is 2. The van der Waals surface area contributed by atoms with Crippen LogP contribution in [0.5, 0.6) is 0 Å². The number of nitrogens with one attached hydrogen (secondary N) is 1. The highest BCUT2D eigenvalue weighted by Gasteiger charge is 2.20. The van der Waals surface area contributed by atoms with Crippen molar-refractivity contribution < 1.29 is 9.90 Å². The topological polar surface area (TPSA) is 62.2 Å². The summed E-state index contributed by atoms with van der Waals surface area (Å²) in [6.07, 6.45) is 4.88. The third kappa shape index (κ3) is 3.78. The van der Waals surface area contributed by atoms with Crippen LogP contribution in [0, 0.1) is 0 Å². The Balaban J connectivity index is 1.56. The lowest BCUT2D eigenvalue weighted by Crippen LogP contribution is -2.39. The SMILES string of the molecule is O=C(CSc1nccc2ccccc12)NC1CCC(O)CC1. The van der Waals surface area contributed by atoms with Gasteiger partial charge in [-0.3, -0.25) is 4.79 Å². The van der Waals surface area contributed by atoms with E-state index in [1.165, 1.54) is 11.8 Å². The lowest BCUT2D eigenvalue weighted by Gasteiger charge is -2.26. The first-order chi connectivity index (χ1) is 10.7. The molecule has 1 aromatic carbocycles. The molecule has 2 N–H and O–H groups in total. The van der Waals surface area contributed by atoms with E-state index >= 15 is 0 Å². The second-order valence-electron chi connectivity index (χ2n) is 5.70. The van der Waals surface area contributed by atoms with Gasteiger partial charge < -0.3 is 10.4 Å². The molecular formula is C17H20N2O2S. The van der Waals surface area contributed by atoms with E-state index in [0.29, 0.717) is 5.75 Å². The molecule has 1 saturated carbocycles. The summed E-state index contributed by atoms with van der Waals surface area (Å²) in [4.78, 5) is 16.5. The molecule has 0 spiro atoms. The zero-order chi connectivity index (χ0) is 15.4. The average molecular weight is 316 g/mol. The zero-order valence-electron chi connectivity index (χ0n) is 12.4. The van der Waals surface area contributed by atoms with Crippen LogP contribution in [0.4, 0.5) is 0 Å². The first-order valence-electron chi connectivity index (χ1n) is 7.66. The Morgan fingerprint density at radius 1 is 1.23 bits per heavy atom. The van der Waals surface area contributed by atoms with Crippen LogP contribution in [0.3, 0.4) is 0 Å². The molecule has 0 bridgehead atoms. The van der Waals surface area contributed by atoms with Gasteiger partial charge in [0.05, 0.1) is 11.9 Å². The van der Waals surface area contributed by atoms with Gasteiger partial charge in [-0.1, -0.05) is 36.0 Å². The van der Waals surface area contributed by atoms with E-state index in [1.54, 1.807) is 6.20 Å². The molecular weight excluding hydrogens is 296 g/mol. The molecule has 5 heteroatoms. The van der Waals surface area contributed by atoms with Crippen molar-refractivity contribution in [1.82, 2.24) is 10.3 Å². The minimum atomic E-state index is -0.192. The van der Waals surface area contributed by atoms with Crippen LogP contribution in [0.2, 0.25) is 0 Å². The minimum absolute atomic E-state index is 0.0427. The van der Waals surface area contributed by atoms with Crippen molar-refractivity contribution in [2.75, 3.05) is 5.75 Å². The van der Waals surface area contributed by atoms with Crippen LogP contribution in [-0.2, 0) is 4.79 Å². The third-order valence-electron chi connectivity index (χ3n) is 4.04. The van der Waals surface area contributed by atoms with Crippen molar-refractivity contribution in [2.45, 2.75) is 42.9 Å². The number of amides is 1. The minimum Gasteiger partial charge on any atom is -0.393 e. The van der Waals surface area contributed by atoms with Gasteiger partial charge >= 0.3 is 0 Å². The summed E-state index contributed by atoms with van der Waals surface area (Å²) in [5.41, 5.74) is 0. The van der Waals surface area contributed by atoms with Crippen LogP contribution in [-0.4, -0.2) is 33.9 Å². The van der Waals surface area contributed by atoms with Crippen molar-refractivity contribution in [1.29, 1.82) is 0 Å². The van der Waals surface area contributed by atoms with Gasteiger partial charge in [0.15, 0.2) is 0 Å². The fourth-order valence-electron chi connectivity index (χ4n) is 2.83. The van der Waals surface area contributed by atoms with Gasteiger partial charge in [0, 0.05) is 17.6 Å². The third-order valence-corrected chi connectivity index (χ3v) is 5.04. The predicted molar refractivity (Wildman–Crippen MR) is 88.9 cm³/mol. The van der Waals surface area contributed by atoms with Crippen LogP contribution in [0.25, 0.3) is 10.8 Å². The quantitative estimate of drug-likeness (QED) is 0.852. The Bertz CT molecular complexity index is 649. The maximum absolute atomic E-state index is 12.1. The fourth-order valence-corrected chi connectivity index (χ4v) is 3.66. The number of pyridine rings is 1. The summed E-state index contributed by atoms with van der Waals surface area (Å²) in [6, 6.07) is 10.3. The van der Waals surface area contributed by atoms with Gasteiger partial charge in [0.25, 0.3) is 0 Å². The largest absolute Gasteiger partial charge is 0.393 e. The number of benzene rings is 1. The van der Waals surface area contributed by atoms with E-state index < -0.39 is 0 Å². The summed E-state index contributed by atoms with van der Waals surface area (Å²) < 4.78 is 0. The lowest BCUT2D eigenvalue weighted by molar-refractivity contribution is -0.119. The number of fused-ring (bicyclic) bond motifs is 1. The number of aliphatic hydroxyl groups excluding tert-OH is 1. The molecule has 1 aromatic heterocycles. The molecule has 0 aliphatic heterocycles. The highest BCUT2D eigenvalue weighted by atomic mass is 32.2. The number of rotatable bonds is 4. The van der Waals surface area contributed by atoms with E-state index in [-0.39, 0.29) is 18.1 Å². The smallest absolute Gasteiger partial charge is 0.230 e. The van der Waals surface area contributed by atoms with Crippen molar-refractivity contribution >= 4 is 28.4 Å². The maximum Gasteiger partial charge on any atom is 0.230 e. The summed E-state index contributed by atoms with van der Waals surface area (Å²) in [5.74, 6) is 0.418. The molecule has 1 heterocycles. The Kier molecular flexibility index (Phi) is 4.95. The normalized spacial score (nSPS) is 21.7. The molecule has 1 fully saturated rings. The van der Waals surface area contributed by atoms with Crippen molar-refractivity contribution in [2.24, 2.45) is 0 Å². The Labute approximate surface area is 134 Å². The number of carbonyl (C=O) groups excluding carboxylic acids is 1. The molecule has 1 amide bonds. The van der Waals surface area contributed by atoms with Crippen LogP contribution >= 0.6 is 11.8 Å². The standard InChI is InChI=1S/C17H20N2O2S/c20-14-7-5-13(6-8-14)19-16(21)11-22-17-15-4-2-1-3-12(15)9-10-18-17/h1-4,9-10,13-14,20H,5-8,11H2,(H,19,21). The van der Waals surface area contributed by atoms with Crippen molar-refractivity contribution in [3.05, 3.63) is 36.5 Å². The summed E-state index contributed by atoms with van der Waals surface area (Å²) >= 11 is 1.47. The fraction of sp³-hybridized carbons (Fsp3) is 0.412. The molecule has 3 rings (SSSR count). The van der Waals surface area contributed by atoms with Crippen molar-refractivity contribution in [3.63, 3.8) is 0 Å². The molecule has 0 saturated heterocycles. The van der Waals surface area contributed by atoms with Gasteiger partial charge in [-0.2, -0.15) is 0 Å². The Morgan fingerprint density at radius 3 is 2.82 bits per heavy atom. The number of aliphatic hydroxyl groups is 1. The summed E-state index contributed by atoms with van der Waals surface area (Å²) in [7, 11) is 0. The van der Waals surface area contributed by atoms with Crippen molar-refractivity contribution in [3.8, 4) is 0 Å². The van der Waals surface area contributed by atoms with Crippen LogP contribution in [0.15, 0.2) is 41.6 Å². The monoisotopic (exact) mass is 316 g/mol. The van der Waals surface area contributed by atoms with Gasteiger partial charge in [0.2, 0.25) is 5.91 Å². The zero-order valence-corrected chi connectivity index (χ0v) is 13.2. The van der Waals surface area contributed by atoms with Gasteiger partial charge in [0.1, 0.15) is 5.03 Å². The molecule has 0 unspecified atom stereocenters. The Hall–Kier alpha value is -1.59. The first kappa shape index (κ1) is 15.3. The number of nitrogens with zero attached hydrogens (tertiary/aromatic N) is 1.